The first-order chi connectivity index (χ1) is 7.72. The normalized spacial score (nSPS) is 22.3. The third-order valence-electron chi connectivity index (χ3n) is 2.99. The number of aromatic nitrogens is 1. The van der Waals surface area contributed by atoms with Gasteiger partial charge in [0, 0.05) is 12.7 Å². The van der Waals surface area contributed by atoms with Crippen LogP contribution in [-0.4, -0.2) is 23.6 Å². The van der Waals surface area contributed by atoms with E-state index < -0.39 is 0 Å². The standard InChI is InChI=1S/C11H15BrClN3/c1-14-16-5-3-2-4-10(16)8-6-9(13)11(12)15-7-8/h6-7,10,14H,2-5H2,1H3. The minimum absolute atomic E-state index is 0.386. The molecule has 0 bridgehead atoms. The van der Waals surface area contributed by atoms with Crippen LogP contribution >= 0.6 is 27.5 Å². The number of hydrazine groups is 1. The van der Waals surface area contributed by atoms with E-state index in [0.29, 0.717) is 15.7 Å². The molecule has 1 fully saturated rings. The number of pyridine rings is 1. The van der Waals surface area contributed by atoms with Gasteiger partial charge in [-0.05, 0) is 47.4 Å². The molecule has 2 rings (SSSR count). The molecule has 1 aromatic rings. The van der Waals surface area contributed by atoms with Gasteiger partial charge >= 0.3 is 0 Å². The summed E-state index contributed by atoms with van der Waals surface area (Å²) in [6, 6.07) is 2.38. The number of nitrogens with zero attached hydrogens (tertiary/aromatic N) is 2. The molecule has 0 aromatic carbocycles. The summed E-state index contributed by atoms with van der Waals surface area (Å²) in [4.78, 5) is 4.25. The SMILES string of the molecule is CNN1CCCCC1c1cnc(Br)c(Cl)c1. The van der Waals surface area contributed by atoms with E-state index in [1.165, 1.54) is 18.4 Å². The van der Waals surface area contributed by atoms with Crippen LogP contribution < -0.4 is 5.43 Å². The van der Waals surface area contributed by atoms with Crippen LogP contribution in [0, 0.1) is 0 Å². The number of hydrogen-bond donors (Lipinski definition) is 1. The van der Waals surface area contributed by atoms with Crippen LogP contribution in [0.5, 0.6) is 0 Å². The van der Waals surface area contributed by atoms with E-state index in [1.807, 2.05) is 19.3 Å². The van der Waals surface area contributed by atoms with Crippen molar-refractivity contribution in [3.8, 4) is 0 Å². The van der Waals surface area contributed by atoms with Crippen LogP contribution in [0.15, 0.2) is 16.9 Å². The van der Waals surface area contributed by atoms with Crippen molar-refractivity contribution in [2.24, 2.45) is 0 Å². The lowest BCUT2D eigenvalue weighted by molar-refractivity contribution is 0.0982. The van der Waals surface area contributed by atoms with Gasteiger partial charge in [0.05, 0.1) is 11.1 Å². The molecule has 0 spiro atoms. The van der Waals surface area contributed by atoms with Crippen molar-refractivity contribution in [1.29, 1.82) is 0 Å². The van der Waals surface area contributed by atoms with Gasteiger partial charge in [-0.3, -0.25) is 5.43 Å². The summed E-state index contributed by atoms with van der Waals surface area (Å²) < 4.78 is 0.713. The van der Waals surface area contributed by atoms with Gasteiger partial charge in [0.2, 0.25) is 0 Å². The summed E-state index contributed by atoms with van der Waals surface area (Å²) in [5.41, 5.74) is 4.42. The number of rotatable bonds is 2. The van der Waals surface area contributed by atoms with E-state index >= 15 is 0 Å². The van der Waals surface area contributed by atoms with Gasteiger partial charge < -0.3 is 0 Å². The number of nitrogens with one attached hydrogen (secondary N) is 1. The van der Waals surface area contributed by atoms with Crippen molar-refractivity contribution in [2.75, 3.05) is 13.6 Å². The number of halogens is 2. The largest absolute Gasteiger partial charge is 0.258 e. The second-order valence-corrected chi connectivity index (χ2v) is 5.13. The third-order valence-corrected chi connectivity index (χ3v) is 4.14. The highest BCUT2D eigenvalue weighted by Crippen LogP contribution is 2.31. The Bertz CT molecular complexity index is 372. The average Bonchev–Trinajstić information content (AvgIpc) is 2.32. The molecule has 1 aliphatic heterocycles. The molecule has 5 heteroatoms. The van der Waals surface area contributed by atoms with Crippen LogP contribution in [0.1, 0.15) is 30.9 Å². The van der Waals surface area contributed by atoms with Crippen molar-refractivity contribution in [2.45, 2.75) is 25.3 Å². The van der Waals surface area contributed by atoms with E-state index in [1.54, 1.807) is 0 Å². The molecule has 0 amide bonds. The lowest BCUT2D eigenvalue weighted by Crippen LogP contribution is -2.41. The highest BCUT2D eigenvalue weighted by atomic mass is 79.9. The van der Waals surface area contributed by atoms with Gasteiger partial charge in [0.15, 0.2) is 0 Å². The first kappa shape index (κ1) is 12.3. The Balaban J connectivity index is 2.23. The Morgan fingerprint density at radius 1 is 1.56 bits per heavy atom. The fraction of sp³-hybridized carbons (Fsp3) is 0.545. The van der Waals surface area contributed by atoms with Crippen molar-refractivity contribution in [1.82, 2.24) is 15.4 Å². The summed E-state index contributed by atoms with van der Waals surface area (Å²) in [5.74, 6) is 0. The summed E-state index contributed by atoms with van der Waals surface area (Å²) in [7, 11) is 1.96. The summed E-state index contributed by atoms with van der Waals surface area (Å²) >= 11 is 9.39. The Morgan fingerprint density at radius 3 is 3.06 bits per heavy atom. The zero-order valence-electron chi connectivity index (χ0n) is 9.21. The van der Waals surface area contributed by atoms with Crippen LogP contribution in [0.3, 0.4) is 0 Å². The number of hydrogen-bond acceptors (Lipinski definition) is 3. The molecule has 3 nitrogen and oxygen atoms in total. The van der Waals surface area contributed by atoms with Crippen molar-refractivity contribution < 1.29 is 0 Å². The minimum Gasteiger partial charge on any atom is -0.258 e. The first-order valence-electron chi connectivity index (χ1n) is 5.47. The van der Waals surface area contributed by atoms with Crippen molar-refractivity contribution in [3.63, 3.8) is 0 Å². The number of piperidine rings is 1. The fourth-order valence-electron chi connectivity index (χ4n) is 2.16. The minimum atomic E-state index is 0.386. The summed E-state index contributed by atoms with van der Waals surface area (Å²) in [6.45, 7) is 1.08. The molecule has 1 aromatic heterocycles. The zero-order chi connectivity index (χ0) is 11.5. The molecule has 1 atom stereocenters. The summed E-state index contributed by atoms with van der Waals surface area (Å²) in [6.07, 6.45) is 5.56. The van der Waals surface area contributed by atoms with Crippen LogP contribution in [0.4, 0.5) is 0 Å². The van der Waals surface area contributed by atoms with Crippen LogP contribution in [0.2, 0.25) is 5.02 Å². The molecule has 0 radical (unpaired) electrons. The maximum atomic E-state index is 6.08. The smallest absolute Gasteiger partial charge is 0.124 e. The molecule has 1 aliphatic rings. The van der Waals surface area contributed by atoms with Crippen LogP contribution in [-0.2, 0) is 0 Å². The second kappa shape index (κ2) is 5.45. The van der Waals surface area contributed by atoms with Gasteiger partial charge in [0.25, 0.3) is 0 Å². The predicted octanol–water partition coefficient (Wildman–Crippen LogP) is 3.16. The highest BCUT2D eigenvalue weighted by Gasteiger charge is 2.23. The maximum absolute atomic E-state index is 6.08. The molecule has 0 saturated carbocycles. The Hall–Kier alpha value is -0.160. The quantitative estimate of drug-likeness (QED) is 0.851. The highest BCUT2D eigenvalue weighted by molar-refractivity contribution is 9.10. The molecule has 2 heterocycles. The second-order valence-electron chi connectivity index (χ2n) is 3.97. The van der Waals surface area contributed by atoms with Crippen LogP contribution in [0.25, 0.3) is 0 Å². The average molecular weight is 305 g/mol. The van der Waals surface area contributed by atoms with Gasteiger partial charge in [-0.15, -0.1) is 0 Å². The van der Waals surface area contributed by atoms with Crippen molar-refractivity contribution >= 4 is 27.5 Å². The first-order valence-corrected chi connectivity index (χ1v) is 6.64. The van der Waals surface area contributed by atoms with E-state index in [9.17, 15) is 0 Å². The van der Waals surface area contributed by atoms with Crippen molar-refractivity contribution in [3.05, 3.63) is 27.5 Å². The molecule has 16 heavy (non-hydrogen) atoms. The Kier molecular flexibility index (Phi) is 4.19. The van der Waals surface area contributed by atoms with Gasteiger partial charge in [-0.25, -0.2) is 9.99 Å². The lowest BCUT2D eigenvalue weighted by Gasteiger charge is -2.35. The predicted molar refractivity (Wildman–Crippen MR) is 69.3 cm³/mol. The summed E-state index contributed by atoms with van der Waals surface area (Å²) in [5, 5.41) is 2.93. The van der Waals surface area contributed by atoms with E-state index in [0.717, 1.165) is 13.0 Å². The lowest BCUT2D eigenvalue weighted by atomic mass is 9.98. The molecular formula is C11H15BrClN3. The van der Waals surface area contributed by atoms with E-state index in [-0.39, 0.29) is 0 Å². The molecule has 0 aliphatic carbocycles. The monoisotopic (exact) mass is 303 g/mol. The molecular weight excluding hydrogens is 289 g/mol. The van der Waals surface area contributed by atoms with E-state index in [4.69, 9.17) is 11.6 Å². The Labute approximate surface area is 109 Å². The van der Waals surface area contributed by atoms with Gasteiger partial charge in [-0.2, -0.15) is 0 Å². The molecule has 1 N–H and O–H groups in total. The maximum Gasteiger partial charge on any atom is 0.124 e. The van der Waals surface area contributed by atoms with E-state index in [2.05, 4.69) is 31.3 Å². The Morgan fingerprint density at radius 2 is 2.38 bits per heavy atom. The third kappa shape index (κ3) is 2.56. The van der Waals surface area contributed by atoms with Gasteiger partial charge in [-0.1, -0.05) is 18.0 Å². The molecule has 1 saturated heterocycles. The molecule has 1 unspecified atom stereocenters. The fourth-order valence-corrected chi connectivity index (χ4v) is 2.56. The van der Waals surface area contributed by atoms with Gasteiger partial charge in [0.1, 0.15) is 4.60 Å². The zero-order valence-corrected chi connectivity index (χ0v) is 11.6. The topological polar surface area (TPSA) is 28.2 Å². The molecule has 88 valence electrons.